The van der Waals surface area contributed by atoms with Crippen LogP contribution in [0.25, 0.3) is 5.57 Å². The molecule has 5 rings (SSSR count). The van der Waals surface area contributed by atoms with Gasteiger partial charge in [0.25, 0.3) is 0 Å². The average Bonchev–Trinajstić information content (AvgIpc) is 3.14. The Bertz CT molecular complexity index is 1210. The molecule has 2 atom stereocenters. The van der Waals surface area contributed by atoms with E-state index in [9.17, 15) is 0 Å². The van der Waals surface area contributed by atoms with E-state index in [-0.39, 0.29) is 17.6 Å². The summed E-state index contributed by atoms with van der Waals surface area (Å²) in [5.41, 5.74) is 6.99. The summed E-state index contributed by atoms with van der Waals surface area (Å²) in [6.07, 6.45) is 6.02. The molecule has 0 spiro atoms. The summed E-state index contributed by atoms with van der Waals surface area (Å²) in [4.78, 5) is 13.8. The quantitative estimate of drug-likeness (QED) is 0.540. The van der Waals surface area contributed by atoms with Crippen LogP contribution >= 0.6 is 12.2 Å². The van der Waals surface area contributed by atoms with E-state index in [0.29, 0.717) is 6.54 Å². The summed E-state index contributed by atoms with van der Waals surface area (Å²) in [6, 6.07) is 18.8. The van der Waals surface area contributed by atoms with Gasteiger partial charge in [-0.05, 0) is 80.5 Å². The van der Waals surface area contributed by atoms with Crippen LogP contribution in [0.4, 0.5) is 5.69 Å². The van der Waals surface area contributed by atoms with Crippen molar-refractivity contribution < 1.29 is 0 Å². The first-order valence-electron chi connectivity index (χ1n) is 11.3. The van der Waals surface area contributed by atoms with Crippen molar-refractivity contribution in [3.05, 3.63) is 95.6 Å². The third kappa shape index (κ3) is 3.89. The molecule has 0 unspecified atom stereocenters. The van der Waals surface area contributed by atoms with E-state index in [4.69, 9.17) is 12.2 Å². The highest BCUT2D eigenvalue weighted by Gasteiger charge is 2.40. The molecule has 0 radical (unpaired) electrons. The van der Waals surface area contributed by atoms with Crippen LogP contribution in [0.1, 0.15) is 55.4 Å². The highest BCUT2D eigenvalue weighted by atomic mass is 32.1. The van der Waals surface area contributed by atoms with Crippen LogP contribution in [0.3, 0.4) is 0 Å². The summed E-state index contributed by atoms with van der Waals surface area (Å²) in [5, 5.41) is 4.27. The number of fused-ring (bicyclic) bond motifs is 1. The second-order valence-corrected chi connectivity index (χ2v) is 9.78. The van der Waals surface area contributed by atoms with Gasteiger partial charge in [0.1, 0.15) is 0 Å². The smallest absolute Gasteiger partial charge is 0.170 e. The first-order valence-corrected chi connectivity index (χ1v) is 11.7. The Morgan fingerprint density at radius 3 is 2.48 bits per heavy atom. The Morgan fingerprint density at radius 2 is 1.79 bits per heavy atom. The number of benzene rings is 1. The van der Waals surface area contributed by atoms with Gasteiger partial charge in [0, 0.05) is 30.7 Å². The molecule has 1 fully saturated rings. The summed E-state index contributed by atoms with van der Waals surface area (Å²) < 4.78 is 0. The van der Waals surface area contributed by atoms with Crippen molar-refractivity contribution >= 4 is 28.6 Å². The lowest BCUT2D eigenvalue weighted by atomic mass is 9.86. The third-order valence-corrected chi connectivity index (χ3v) is 7.19. The number of anilines is 1. The number of nitrogens with one attached hydrogen (secondary N) is 1. The number of likely N-dealkylation sites (N-methyl/N-ethyl adjacent to an activating group) is 1. The van der Waals surface area contributed by atoms with Crippen molar-refractivity contribution in [1.29, 1.82) is 0 Å². The van der Waals surface area contributed by atoms with Gasteiger partial charge in [0.15, 0.2) is 5.11 Å². The molecule has 0 bridgehead atoms. The lowest BCUT2D eigenvalue weighted by molar-refractivity contribution is 0.308. The number of hydrogen-bond acceptors (Lipinski definition) is 4. The van der Waals surface area contributed by atoms with Gasteiger partial charge in [0.05, 0.1) is 35.6 Å². The molecule has 2 aliphatic rings. The predicted octanol–water partition coefficient (Wildman–Crippen LogP) is 5.28. The second kappa shape index (κ2) is 8.27. The average molecular weight is 456 g/mol. The minimum atomic E-state index is -0.0393. The molecule has 2 aliphatic heterocycles. The number of rotatable bonds is 4. The minimum Gasteiger partial charge on any atom is -0.366 e. The molecule has 5 nitrogen and oxygen atoms in total. The summed E-state index contributed by atoms with van der Waals surface area (Å²) >= 11 is 5.83. The molecule has 168 valence electrons. The minimum absolute atomic E-state index is 0.00717. The number of nitrogens with zero attached hydrogens (tertiary/aromatic N) is 4. The summed E-state index contributed by atoms with van der Waals surface area (Å²) in [6.45, 7) is 7.34. The Kier molecular flexibility index (Phi) is 5.41. The van der Waals surface area contributed by atoms with E-state index in [0.717, 1.165) is 16.5 Å². The topological polar surface area (TPSA) is 44.3 Å². The van der Waals surface area contributed by atoms with Gasteiger partial charge in [-0.3, -0.25) is 9.97 Å². The SMILES string of the molecule is CC1=CC(C)(C)N(C)c2ccc([C@H]3[C@H](c4ccccn4)NC(=S)N3Cc3ccccn3)cc21. The maximum absolute atomic E-state index is 5.83. The van der Waals surface area contributed by atoms with Crippen molar-refractivity contribution in [1.82, 2.24) is 20.2 Å². The van der Waals surface area contributed by atoms with Gasteiger partial charge < -0.3 is 15.1 Å². The zero-order chi connectivity index (χ0) is 23.2. The van der Waals surface area contributed by atoms with Crippen molar-refractivity contribution in [3.63, 3.8) is 0 Å². The van der Waals surface area contributed by atoms with E-state index in [1.807, 2.05) is 42.7 Å². The van der Waals surface area contributed by atoms with Crippen LogP contribution in [0.2, 0.25) is 0 Å². The molecule has 1 N–H and O–H groups in total. The Hall–Kier alpha value is -3.25. The van der Waals surface area contributed by atoms with Gasteiger partial charge in [-0.1, -0.05) is 24.3 Å². The van der Waals surface area contributed by atoms with E-state index < -0.39 is 0 Å². The van der Waals surface area contributed by atoms with Gasteiger partial charge >= 0.3 is 0 Å². The maximum Gasteiger partial charge on any atom is 0.170 e. The molecule has 1 aromatic carbocycles. The summed E-state index contributed by atoms with van der Waals surface area (Å²) in [7, 11) is 2.16. The monoisotopic (exact) mass is 455 g/mol. The standard InChI is InChI=1S/C27H29N5S/c1-18-16-27(2,3)31(4)23-12-11-19(15-21(18)23)25-24(22-10-6-8-14-29-22)30-26(33)32(25)17-20-9-5-7-13-28-20/h5-16,24-25H,17H2,1-4H3,(H,30,33)/t24-,25-/m0/s1. The maximum atomic E-state index is 5.83. The van der Waals surface area contributed by atoms with Crippen LogP contribution in [0, 0.1) is 0 Å². The van der Waals surface area contributed by atoms with Crippen LogP contribution < -0.4 is 10.2 Å². The fourth-order valence-electron chi connectivity index (χ4n) is 4.97. The lowest BCUT2D eigenvalue weighted by Crippen LogP contribution is -2.42. The molecule has 2 aromatic heterocycles. The number of allylic oxidation sites excluding steroid dienone is 1. The molecule has 1 saturated heterocycles. The van der Waals surface area contributed by atoms with Gasteiger partial charge in [-0.2, -0.15) is 0 Å². The van der Waals surface area contributed by atoms with Gasteiger partial charge in [0.2, 0.25) is 0 Å². The lowest BCUT2D eigenvalue weighted by Gasteiger charge is -2.41. The Morgan fingerprint density at radius 1 is 1.03 bits per heavy atom. The highest BCUT2D eigenvalue weighted by molar-refractivity contribution is 7.80. The molecule has 0 aliphatic carbocycles. The number of aromatic nitrogens is 2. The van der Waals surface area contributed by atoms with Crippen molar-refractivity contribution in [2.24, 2.45) is 0 Å². The Labute approximate surface area is 201 Å². The van der Waals surface area contributed by atoms with E-state index in [2.05, 4.69) is 83.2 Å². The van der Waals surface area contributed by atoms with Gasteiger partial charge in [-0.25, -0.2) is 0 Å². The molecule has 6 heteroatoms. The van der Waals surface area contributed by atoms with Crippen LogP contribution in [0.15, 0.2) is 73.1 Å². The molecular formula is C27H29N5S. The van der Waals surface area contributed by atoms with E-state index >= 15 is 0 Å². The predicted molar refractivity (Wildman–Crippen MR) is 138 cm³/mol. The molecule has 33 heavy (non-hydrogen) atoms. The largest absolute Gasteiger partial charge is 0.366 e. The highest BCUT2D eigenvalue weighted by Crippen LogP contribution is 2.43. The molecule has 3 aromatic rings. The van der Waals surface area contributed by atoms with Crippen molar-refractivity contribution in [2.45, 2.75) is 44.9 Å². The fourth-order valence-corrected chi connectivity index (χ4v) is 5.27. The Balaban J connectivity index is 1.60. The van der Waals surface area contributed by atoms with Crippen LogP contribution in [0.5, 0.6) is 0 Å². The number of pyridine rings is 2. The second-order valence-electron chi connectivity index (χ2n) is 9.39. The fraction of sp³-hybridized carbons (Fsp3) is 0.296. The zero-order valence-electron chi connectivity index (χ0n) is 19.5. The van der Waals surface area contributed by atoms with Crippen molar-refractivity contribution in [2.75, 3.05) is 11.9 Å². The molecule has 0 saturated carbocycles. The zero-order valence-corrected chi connectivity index (χ0v) is 20.3. The van der Waals surface area contributed by atoms with E-state index in [1.54, 1.807) is 0 Å². The van der Waals surface area contributed by atoms with E-state index in [1.165, 1.54) is 22.4 Å². The van der Waals surface area contributed by atoms with Gasteiger partial charge in [-0.15, -0.1) is 0 Å². The molecule has 4 heterocycles. The summed E-state index contributed by atoms with van der Waals surface area (Å²) in [5.74, 6) is 0. The number of thiocarbonyl (C=S) groups is 1. The first kappa shape index (κ1) is 21.6. The molecule has 0 amide bonds. The van der Waals surface area contributed by atoms with Crippen LogP contribution in [-0.4, -0.2) is 32.6 Å². The molecular weight excluding hydrogens is 426 g/mol. The first-order chi connectivity index (χ1) is 15.8. The van der Waals surface area contributed by atoms with Crippen LogP contribution in [-0.2, 0) is 6.54 Å². The third-order valence-electron chi connectivity index (χ3n) is 6.84. The normalized spacial score (nSPS) is 21.5. The van der Waals surface area contributed by atoms with Crippen molar-refractivity contribution in [3.8, 4) is 0 Å². The number of hydrogen-bond donors (Lipinski definition) is 1.